The Bertz CT molecular complexity index is 457. The Labute approximate surface area is 81.9 Å². The van der Waals surface area contributed by atoms with Gasteiger partial charge in [0.15, 0.2) is 11.6 Å². The summed E-state index contributed by atoms with van der Waals surface area (Å²) in [5.74, 6) is -1.60. The van der Waals surface area contributed by atoms with E-state index in [4.69, 9.17) is 11.6 Å². The average molecular weight is 217 g/mol. The zero-order valence-corrected chi connectivity index (χ0v) is 7.39. The van der Waals surface area contributed by atoms with E-state index in [-0.39, 0.29) is 11.4 Å². The minimum Gasteiger partial charge on any atom is -0.239 e. The molecule has 2 rings (SSSR count). The number of nitrogens with one attached hydrogen (secondary N) is 1. The third kappa shape index (κ3) is 1.33. The van der Waals surface area contributed by atoms with E-state index >= 15 is 0 Å². The molecule has 0 saturated carbocycles. The minimum absolute atomic E-state index is 0.0291. The van der Waals surface area contributed by atoms with E-state index in [2.05, 4.69) is 20.6 Å². The van der Waals surface area contributed by atoms with Crippen LogP contribution in [0, 0.1) is 11.6 Å². The van der Waals surface area contributed by atoms with E-state index in [9.17, 15) is 8.78 Å². The van der Waals surface area contributed by atoms with Gasteiger partial charge in [-0.3, -0.25) is 0 Å². The Morgan fingerprint density at radius 3 is 2.71 bits per heavy atom. The fourth-order valence-electron chi connectivity index (χ4n) is 0.982. The number of rotatable bonds is 1. The van der Waals surface area contributed by atoms with Crippen molar-refractivity contribution < 1.29 is 8.78 Å². The van der Waals surface area contributed by atoms with Crippen molar-refractivity contribution in [1.29, 1.82) is 0 Å². The van der Waals surface area contributed by atoms with Gasteiger partial charge in [0.05, 0.1) is 5.56 Å². The van der Waals surface area contributed by atoms with Crippen molar-refractivity contribution in [2.24, 2.45) is 0 Å². The Kier molecular flexibility index (Phi) is 2.12. The molecule has 2 aromatic rings. The molecule has 0 amide bonds. The molecule has 4 nitrogen and oxygen atoms in total. The van der Waals surface area contributed by atoms with E-state index in [0.29, 0.717) is 0 Å². The molecule has 1 heterocycles. The van der Waals surface area contributed by atoms with Crippen LogP contribution < -0.4 is 0 Å². The summed E-state index contributed by atoms with van der Waals surface area (Å²) in [5.41, 5.74) is 0.0291. The normalized spacial score (nSPS) is 10.5. The average Bonchev–Trinajstić information content (AvgIpc) is 2.67. The fourth-order valence-corrected chi connectivity index (χ4v) is 1.15. The highest BCUT2D eigenvalue weighted by Crippen LogP contribution is 2.26. The van der Waals surface area contributed by atoms with Gasteiger partial charge in [-0.1, -0.05) is 11.6 Å². The number of hydrogen-bond acceptors (Lipinski definition) is 3. The number of nitrogens with zero attached hydrogens (tertiary/aromatic N) is 3. The lowest BCUT2D eigenvalue weighted by Crippen LogP contribution is -1.90. The van der Waals surface area contributed by atoms with Crippen molar-refractivity contribution in [3.8, 4) is 11.4 Å². The molecular formula is C7H3ClF2N4. The predicted molar refractivity (Wildman–Crippen MR) is 44.5 cm³/mol. The second-order valence-electron chi connectivity index (χ2n) is 2.47. The van der Waals surface area contributed by atoms with Crippen LogP contribution in [0.1, 0.15) is 0 Å². The van der Waals surface area contributed by atoms with Crippen LogP contribution >= 0.6 is 11.6 Å². The molecule has 0 saturated heterocycles. The smallest absolute Gasteiger partial charge is 0.182 e. The zero-order chi connectivity index (χ0) is 10.1. The summed E-state index contributed by atoms with van der Waals surface area (Å²) >= 11 is 5.37. The molecule has 0 aliphatic carbocycles. The monoisotopic (exact) mass is 216 g/mol. The number of benzene rings is 1. The van der Waals surface area contributed by atoms with Crippen LogP contribution in [-0.4, -0.2) is 20.6 Å². The van der Waals surface area contributed by atoms with Gasteiger partial charge in [-0.15, -0.1) is 5.10 Å². The van der Waals surface area contributed by atoms with Crippen LogP contribution in [0.3, 0.4) is 0 Å². The maximum Gasteiger partial charge on any atom is 0.182 e. The second kappa shape index (κ2) is 3.30. The highest BCUT2D eigenvalue weighted by Gasteiger charge is 2.14. The van der Waals surface area contributed by atoms with Crippen molar-refractivity contribution in [2.75, 3.05) is 0 Å². The molecule has 0 fully saturated rings. The summed E-state index contributed by atoms with van der Waals surface area (Å²) < 4.78 is 26.1. The molecule has 0 unspecified atom stereocenters. The molecule has 72 valence electrons. The number of halogens is 3. The summed E-state index contributed by atoms with van der Waals surface area (Å²) in [6.45, 7) is 0. The minimum atomic E-state index is -0.884. The van der Waals surface area contributed by atoms with Crippen LogP contribution in [0.5, 0.6) is 0 Å². The van der Waals surface area contributed by atoms with Gasteiger partial charge in [0.2, 0.25) is 0 Å². The SMILES string of the molecule is Fc1ccc(-c2nnn[nH]2)c(F)c1Cl. The van der Waals surface area contributed by atoms with Gasteiger partial charge in [-0.2, -0.15) is 0 Å². The summed E-state index contributed by atoms with van der Waals surface area (Å²) in [6, 6.07) is 2.25. The Balaban J connectivity index is 2.61. The van der Waals surface area contributed by atoms with E-state index < -0.39 is 16.7 Å². The number of aromatic nitrogens is 4. The second-order valence-corrected chi connectivity index (χ2v) is 2.85. The standard InChI is InChI=1S/C7H3ClF2N4/c8-5-4(9)2-1-3(6(5)10)7-11-13-14-12-7/h1-2H,(H,11,12,13,14). The molecule has 1 N–H and O–H groups in total. The van der Waals surface area contributed by atoms with E-state index in [0.717, 1.165) is 6.07 Å². The van der Waals surface area contributed by atoms with Crippen LogP contribution in [0.4, 0.5) is 8.78 Å². The van der Waals surface area contributed by atoms with E-state index in [1.54, 1.807) is 0 Å². The molecule has 0 aliphatic rings. The lowest BCUT2D eigenvalue weighted by Gasteiger charge is -2.00. The Hall–Kier alpha value is -1.56. The van der Waals surface area contributed by atoms with Crippen LogP contribution in [0.15, 0.2) is 12.1 Å². The van der Waals surface area contributed by atoms with Crippen molar-refractivity contribution in [3.05, 3.63) is 28.8 Å². The summed E-state index contributed by atoms with van der Waals surface area (Å²) in [5, 5.41) is 11.8. The third-order valence-electron chi connectivity index (χ3n) is 1.64. The van der Waals surface area contributed by atoms with E-state index in [1.807, 2.05) is 0 Å². The molecule has 0 bridgehead atoms. The maximum absolute atomic E-state index is 13.3. The van der Waals surface area contributed by atoms with Gasteiger partial charge >= 0.3 is 0 Å². The molecular weight excluding hydrogens is 214 g/mol. The Morgan fingerprint density at radius 1 is 1.29 bits per heavy atom. The molecule has 0 atom stereocenters. The van der Waals surface area contributed by atoms with Crippen LogP contribution in [-0.2, 0) is 0 Å². The van der Waals surface area contributed by atoms with E-state index in [1.165, 1.54) is 6.07 Å². The summed E-state index contributed by atoms with van der Waals surface area (Å²) in [4.78, 5) is 0. The third-order valence-corrected chi connectivity index (χ3v) is 1.98. The number of aromatic amines is 1. The van der Waals surface area contributed by atoms with Crippen molar-refractivity contribution in [1.82, 2.24) is 20.6 Å². The van der Waals surface area contributed by atoms with Gasteiger partial charge in [0, 0.05) is 0 Å². The molecule has 7 heteroatoms. The van der Waals surface area contributed by atoms with Gasteiger partial charge < -0.3 is 0 Å². The molecule has 1 aromatic carbocycles. The predicted octanol–water partition coefficient (Wildman–Crippen LogP) is 1.80. The maximum atomic E-state index is 13.3. The number of hydrogen-bond donors (Lipinski definition) is 1. The van der Waals surface area contributed by atoms with Gasteiger partial charge in [0.1, 0.15) is 10.8 Å². The highest BCUT2D eigenvalue weighted by atomic mass is 35.5. The van der Waals surface area contributed by atoms with Crippen LogP contribution in [0.2, 0.25) is 5.02 Å². The zero-order valence-electron chi connectivity index (χ0n) is 6.63. The first-order valence-corrected chi connectivity index (χ1v) is 3.95. The van der Waals surface area contributed by atoms with Crippen molar-refractivity contribution in [2.45, 2.75) is 0 Å². The first kappa shape index (κ1) is 9.01. The van der Waals surface area contributed by atoms with Crippen LogP contribution in [0.25, 0.3) is 11.4 Å². The quantitative estimate of drug-likeness (QED) is 0.740. The van der Waals surface area contributed by atoms with Crippen molar-refractivity contribution in [3.63, 3.8) is 0 Å². The molecule has 0 aliphatic heterocycles. The summed E-state index contributed by atoms with van der Waals surface area (Å²) in [7, 11) is 0. The number of H-pyrrole nitrogens is 1. The largest absolute Gasteiger partial charge is 0.239 e. The fraction of sp³-hybridized carbons (Fsp3) is 0. The molecule has 1 aromatic heterocycles. The van der Waals surface area contributed by atoms with Crippen molar-refractivity contribution >= 4 is 11.6 Å². The molecule has 0 spiro atoms. The topological polar surface area (TPSA) is 54.5 Å². The molecule has 0 radical (unpaired) electrons. The van der Waals surface area contributed by atoms with Gasteiger partial charge in [-0.05, 0) is 22.6 Å². The Morgan fingerprint density at radius 2 is 2.07 bits per heavy atom. The first-order chi connectivity index (χ1) is 6.70. The number of tetrazole rings is 1. The van der Waals surface area contributed by atoms with Gasteiger partial charge in [0.25, 0.3) is 0 Å². The van der Waals surface area contributed by atoms with Gasteiger partial charge in [-0.25, -0.2) is 13.9 Å². The lowest BCUT2D eigenvalue weighted by molar-refractivity contribution is 0.585. The first-order valence-electron chi connectivity index (χ1n) is 3.57. The summed E-state index contributed by atoms with van der Waals surface area (Å²) in [6.07, 6.45) is 0. The highest BCUT2D eigenvalue weighted by molar-refractivity contribution is 6.31. The molecule has 14 heavy (non-hydrogen) atoms. The lowest BCUT2D eigenvalue weighted by atomic mass is 10.2.